The monoisotopic (exact) mass is 201 g/mol. The first kappa shape index (κ1) is 10.6. The molecule has 0 fully saturated rings. The summed E-state index contributed by atoms with van der Waals surface area (Å²) in [6.07, 6.45) is 1.31. The summed E-state index contributed by atoms with van der Waals surface area (Å²) >= 11 is 0. The highest BCUT2D eigenvalue weighted by Gasteiger charge is 2.35. The van der Waals surface area contributed by atoms with E-state index < -0.39 is 18.3 Å². The molecule has 1 heterocycles. The van der Waals surface area contributed by atoms with Gasteiger partial charge in [-0.15, -0.1) is 0 Å². The van der Waals surface area contributed by atoms with Crippen LogP contribution in [0.2, 0.25) is 0 Å². The number of aliphatic carboxylic acids is 1. The van der Waals surface area contributed by atoms with Crippen LogP contribution in [0.1, 0.15) is 17.5 Å². The summed E-state index contributed by atoms with van der Waals surface area (Å²) < 4.78 is 26.5. The number of halogens is 2. The minimum atomic E-state index is -3.33. The van der Waals surface area contributed by atoms with Crippen LogP contribution in [0.5, 0.6) is 0 Å². The maximum Gasteiger partial charge on any atom is 0.309 e. The number of rotatable bonds is 3. The molecular weight excluding hydrogens is 192 g/mol. The highest BCUT2D eigenvalue weighted by molar-refractivity contribution is 5.68. The normalized spacial score (nSPS) is 11.4. The Morgan fingerprint density at radius 3 is 2.79 bits per heavy atom. The average molecular weight is 201 g/mol. The molecule has 76 valence electrons. The minimum absolute atomic E-state index is 0.282. The lowest BCUT2D eigenvalue weighted by Gasteiger charge is -2.15. The number of carbonyl (C=O) groups is 1. The lowest BCUT2D eigenvalue weighted by atomic mass is 10.0. The second-order valence-corrected chi connectivity index (χ2v) is 2.97. The summed E-state index contributed by atoms with van der Waals surface area (Å²) in [5.74, 6) is -4.86. The van der Waals surface area contributed by atoms with Crippen LogP contribution in [-0.4, -0.2) is 16.1 Å². The molecule has 0 unspecified atom stereocenters. The van der Waals surface area contributed by atoms with E-state index in [1.165, 1.54) is 19.3 Å². The predicted octanol–water partition coefficient (Wildman–Crippen LogP) is 1.96. The largest absolute Gasteiger partial charge is 0.481 e. The fraction of sp³-hybridized carbons (Fsp3) is 0.333. The minimum Gasteiger partial charge on any atom is -0.481 e. The van der Waals surface area contributed by atoms with Crippen molar-refractivity contribution in [1.82, 2.24) is 4.98 Å². The summed E-state index contributed by atoms with van der Waals surface area (Å²) in [6, 6.07) is 1.14. The second-order valence-electron chi connectivity index (χ2n) is 2.97. The van der Waals surface area contributed by atoms with Crippen molar-refractivity contribution in [2.45, 2.75) is 19.3 Å². The van der Waals surface area contributed by atoms with Gasteiger partial charge in [0, 0.05) is 18.0 Å². The highest BCUT2D eigenvalue weighted by Crippen LogP contribution is 2.33. The van der Waals surface area contributed by atoms with Gasteiger partial charge in [0.1, 0.15) is 6.42 Å². The van der Waals surface area contributed by atoms with Gasteiger partial charge in [0.05, 0.1) is 0 Å². The number of carboxylic acids is 1. The Bertz CT molecular complexity index is 352. The molecule has 0 saturated carbocycles. The SMILES string of the molecule is Cc1cnccc1C(F)(F)CC(=O)O. The first-order chi connectivity index (χ1) is 6.43. The second kappa shape index (κ2) is 3.69. The summed E-state index contributed by atoms with van der Waals surface area (Å²) in [5.41, 5.74) is 0.00801. The van der Waals surface area contributed by atoms with Crippen LogP contribution in [0.25, 0.3) is 0 Å². The molecule has 1 aromatic heterocycles. The molecule has 0 amide bonds. The Labute approximate surface area is 79.4 Å². The van der Waals surface area contributed by atoms with Crippen molar-refractivity contribution in [3.8, 4) is 0 Å². The average Bonchev–Trinajstić information content (AvgIpc) is 2.02. The van der Waals surface area contributed by atoms with Crippen molar-refractivity contribution in [1.29, 1.82) is 0 Å². The van der Waals surface area contributed by atoms with E-state index in [-0.39, 0.29) is 5.56 Å². The Morgan fingerprint density at radius 1 is 1.64 bits per heavy atom. The molecule has 0 saturated heterocycles. The van der Waals surface area contributed by atoms with Crippen molar-refractivity contribution < 1.29 is 18.7 Å². The Hall–Kier alpha value is -1.52. The third-order valence-electron chi connectivity index (χ3n) is 1.79. The maximum absolute atomic E-state index is 13.3. The topological polar surface area (TPSA) is 50.2 Å². The third-order valence-corrected chi connectivity index (χ3v) is 1.79. The van der Waals surface area contributed by atoms with Crippen molar-refractivity contribution in [3.05, 3.63) is 29.6 Å². The molecule has 0 spiro atoms. The van der Waals surface area contributed by atoms with Gasteiger partial charge in [-0.25, -0.2) is 8.78 Å². The van der Waals surface area contributed by atoms with Gasteiger partial charge in [0.25, 0.3) is 5.92 Å². The van der Waals surface area contributed by atoms with Gasteiger partial charge in [-0.05, 0) is 18.6 Å². The van der Waals surface area contributed by atoms with Gasteiger partial charge >= 0.3 is 5.97 Å². The van der Waals surface area contributed by atoms with E-state index >= 15 is 0 Å². The van der Waals surface area contributed by atoms with E-state index in [1.54, 1.807) is 0 Å². The van der Waals surface area contributed by atoms with E-state index in [1.807, 2.05) is 0 Å². The number of hydrogen-bond donors (Lipinski definition) is 1. The Kier molecular flexibility index (Phi) is 2.78. The van der Waals surface area contributed by atoms with Crippen LogP contribution in [0, 0.1) is 6.92 Å². The van der Waals surface area contributed by atoms with E-state index in [0.29, 0.717) is 5.56 Å². The first-order valence-corrected chi connectivity index (χ1v) is 3.94. The van der Waals surface area contributed by atoms with Crippen molar-refractivity contribution in [2.24, 2.45) is 0 Å². The maximum atomic E-state index is 13.3. The molecule has 0 aliphatic heterocycles. The zero-order chi connectivity index (χ0) is 10.8. The summed E-state index contributed by atoms with van der Waals surface area (Å²) in [4.78, 5) is 13.9. The number of nitrogens with zero attached hydrogens (tertiary/aromatic N) is 1. The quantitative estimate of drug-likeness (QED) is 0.813. The lowest BCUT2D eigenvalue weighted by molar-refractivity contribution is -0.145. The number of aromatic nitrogens is 1. The van der Waals surface area contributed by atoms with Crippen LogP contribution in [0.3, 0.4) is 0 Å². The Morgan fingerprint density at radius 2 is 2.29 bits per heavy atom. The molecule has 0 radical (unpaired) electrons. The van der Waals surface area contributed by atoms with Crippen LogP contribution >= 0.6 is 0 Å². The number of pyridine rings is 1. The lowest BCUT2D eigenvalue weighted by Crippen LogP contribution is -2.19. The molecule has 0 aliphatic carbocycles. The van der Waals surface area contributed by atoms with E-state index in [4.69, 9.17) is 5.11 Å². The van der Waals surface area contributed by atoms with E-state index in [0.717, 1.165) is 6.07 Å². The van der Waals surface area contributed by atoms with Crippen molar-refractivity contribution in [3.63, 3.8) is 0 Å². The molecule has 0 aliphatic rings. The molecule has 1 aromatic rings. The molecule has 1 rings (SSSR count). The zero-order valence-electron chi connectivity index (χ0n) is 7.50. The summed E-state index contributed by atoms with van der Waals surface area (Å²) in [7, 11) is 0. The molecule has 5 heteroatoms. The highest BCUT2D eigenvalue weighted by atomic mass is 19.3. The smallest absolute Gasteiger partial charge is 0.309 e. The number of hydrogen-bond acceptors (Lipinski definition) is 2. The molecule has 3 nitrogen and oxygen atoms in total. The molecule has 14 heavy (non-hydrogen) atoms. The summed E-state index contributed by atoms with van der Waals surface area (Å²) in [6.45, 7) is 1.47. The number of aryl methyl sites for hydroxylation is 1. The molecule has 0 atom stereocenters. The van der Waals surface area contributed by atoms with Crippen LogP contribution < -0.4 is 0 Å². The number of carboxylic acid groups (broad SMARTS) is 1. The Balaban J connectivity index is 3.03. The zero-order valence-corrected chi connectivity index (χ0v) is 7.50. The van der Waals surface area contributed by atoms with Gasteiger partial charge in [0.15, 0.2) is 0 Å². The van der Waals surface area contributed by atoms with Crippen molar-refractivity contribution in [2.75, 3.05) is 0 Å². The fourth-order valence-corrected chi connectivity index (χ4v) is 1.17. The van der Waals surface area contributed by atoms with Crippen LogP contribution in [-0.2, 0) is 10.7 Å². The van der Waals surface area contributed by atoms with Crippen LogP contribution in [0.15, 0.2) is 18.5 Å². The van der Waals surface area contributed by atoms with Gasteiger partial charge in [-0.3, -0.25) is 9.78 Å². The van der Waals surface area contributed by atoms with Gasteiger partial charge in [-0.1, -0.05) is 0 Å². The van der Waals surface area contributed by atoms with Crippen LogP contribution in [0.4, 0.5) is 8.78 Å². The molecule has 1 N–H and O–H groups in total. The first-order valence-electron chi connectivity index (χ1n) is 3.94. The standard InChI is InChI=1S/C9H9F2NO2/c1-6-5-12-3-2-7(6)9(10,11)4-8(13)14/h2-3,5H,4H2,1H3,(H,13,14). The number of alkyl halides is 2. The van der Waals surface area contributed by atoms with Gasteiger partial charge in [0.2, 0.25) is 0 Å². The molecular formula is C9H9F2NO2. The van der Waals surface area contributed by atoms with Gasteiger partial charge in [-0.2, -0.15) is 0 Å². The third kappa shape index (κ3) is 2.25. The van der Waals surface area contributed by atoms with E-state index in [9.17, 15) is 13.6 Å². The fourth-order valence-electron chi connectivity index (χ4n) is 1.17. The molecule has 0 aromatic carbocycles. The van der Waals surface area contributed by atoms with Gasteiger partial charge < -0.3 is 5.11 Å². The van der Waals surface area contributed by atoms with Crippen molar-refractivity contribution >= 4 is 5.97 Å². The van der Waals surface area contributed by atoms with E-state index in [2.05, 4.69) is 4.98 Å². The predicted molar refractivity (Wildman–Crippen MR) is 45.1 cm³/mol. The summed E-state index contributed by atoms with van der Waals surface area (Å²) in [5, 5.41) is 8.31. The molecule has 0 bridgehead atoms.